The Hall–Kier alpha value is -2.26. The molecule has 0 aliphatic heterocycles. The van der Waals surface area contributed by atoms with Gasteiger partial charge in [-0.1, -0.05) is 48.5 Å². The Bertz CT molecular complexity index is 763. The lowest BCUT2D eigenvalue weighted by atomic mass is 10.0. The lowest BCUT2D eigenvalue weighted by Gasteiger charge is -2.06. The van der Waals surface area contributed by atoms with Gasteiger partial charge in [0, 0.05) is 18.0 Å². The standard InChI is InChI=1S/C16H14N2O.ClH/c1-18-13-10-6-5-9-12(13)14(16(17)19)15(18)11-7-3-2-4-8-11;/h2-10H,1H3,(H2,17,19);1H. The maximum atomic E-state index is 11.8. The van der Waals surface area contributed by atoms with E-state index in [1.807, 2.05) is 66.2 Å². The van der Waals surface area contributed by atoms with Crippen LogP contribution in [-0.2, 0) is 7.05 Å². The van der Waals surface area contributed by atoms with E-state index in [2.05, 4.69) is 0 Å². The SMILES string of the molecule is Cl.Cn1c(-c2ccccc2)c(C(N)=O)c2ccccc21. The highest BCUT2D eigenvalue weighted by Gasteiger charge is 2.19. The second-order valence-corrected chi connectivity index (χ2v) is 4.53. The molecule has 0 unspecified atom stereocenters. The van der Waals surface area contributed by atoms with Crippen LogP contribution < -0.4 is 5.73 Å². The van der Waals surface area contributed by atoms with Gasteiger partial charge >= 0.3 is 0 Å². The minimum Gasteiger partial charge on any atom is -0.366 e. The molecule has 2 N–H and O–H groups in total. The van der Waals surface area contributed by atoms with Crippen molar-refractivity contribution < 1.29 is 4.79 Å². The number of amides is 1. The van der Waals surface area contributed by atoms with Crippen molar-refractivity contribution in [2.75, 3.05) is 0 Å². The molecule has 0 fully saturated rings. The molecule has 0 saturated heterocycles. The van der Waals surface area contributed by atoms with Gasteiger partial charge in [0.25, 0.3) is 5.91 Å². The lowest BCUT2D eigenvalue weighted by molar-refractivity contribution is 0.100. The first-order valence-electron chi connectivity index (χ1n) is 6.13. The molecule has 0 spiro atoms. The van der Waals surface area contributed by atoms with Gasteiger partial charge in [-0.05, 0) is 11.6 Å². The second kappa shape index (κ2) is 5.39. The van der Waals surface area contributed by atoms with Crippen molar-refractivity contribution in [1.29, 1.82) is 0 Å². The number of nitrogens with two attached hydrogens (primary N) is 1. The maximum Gasteiger partial charge on any atom is 0.251 e. The third-order valence-corrected chi connectivity index (χ3v) is 3.40. The number of nitrogens with zero attached hydrogens (tertiary/aromatic N) is 1. The maximum absolute atomic E-state index is 11.8. The largest absolute Gasteiger partial charge is 0.366 e. The van der Waals surface area contributed by atoms with E-state index < -0.39 is 5.91 Å². The number of halogens is 1. The van der Waals surface area contributed by atoms with Crippen molar-refractivity contribution in [1.82, 2.24) is 4.57 Å². The molecular weight excluding hydrogens is 272 g/mol. The first-order valence-corrected chi connectivity index (χ1v) is 6.13. The third kappa shape index (κ3) is 2.06. The van der Waals surface area contributed by atoms with Crippen LogP contribution in [0.15, 0.2) is 54.6 Å². The summed E-state index contributed by atoms with van der Waals surface area (Å²) in [6.07, 6.45) is 0. The highest BCUT2D eigenvalue weighted by atomic mass is 35.5. The van der Waals surface area contributed by atoms with E-state index >= 15 is 0 Å². The number of hydrogen-bond donors (Lipinski definition) is 1. The molecule has 4 heteroatoms. The number of aromatic nitrogens is 1. The summed E-state index contributed by atoms with van der Waals surface area (Å²) in [4.78, 5) is 11.8. The molecule has 0 atom stereocenters. The normalized spacial score (nSPS) is 10.2. The van der Waals surface area contributed by atoms with Gasteiger partial charge in [0.2, 0.25) is 0 Å². The zero-order chi connectivity index (χ0) is 13.4. The summed E-state index contributed by atoms with van der Waals surface area (Å²) in [5, 5.41) is 0.899. The predicted molar refractivity (Wildman–Crippen MR) is 84.1 cm³/mol. The zero-order valence-corrected chi connectivity index (χ0v) is 11.9. The van der Waals surface area contributed by atoms with E-state index in [9.17, 15) is 4.79 Å². The highest BCUT2D eigenvalue weighted by Crippen LogP contribution is 2.32. The summed E-state index contributed by atoms with van der Waals surface area (Å²) >= 11 is 0. The third-order valence-electron chi connectivity index (χ3n) is 3.40. The minimum absolute atomic E-state index is 0. The number of carbonyl (C=O) groups is 1. The van der Waals surface area contributed by atoms with Crippen molar-refractivity contribution in [3.8, 4) is 11.3 Å². The number of carbonyl (C=O) groups excluding carboxylic acids is 1. The van der Waals surface area contributed by atoms with Gasteiger partial charge in [0.15, 0.2) is 0 Å². The molecule has 2 aromatic carbocycles. The average molecular weight is 287 g/mol. The Morgan fingerprint density at radius 2 is 1.60 bits per heavy atom. The van der Waals surface area contributed by atoms with Gasteiger partial charge in [-0.25, -0.2) is 0 Å². The van der Waals surface area contributed by atoms with Crippen LogP contribution >= 0.6 is 12.4 Å². The number of hydrogen-bond acceptors (Lipinski definition) is 1. The van der Waals surface area contributed by atoms with Gasteiger partial charge < -0.3 is 10.3 Å². The van der Waals surface area contributed by atoms with E-state index in [0.29, 0.717) is 5.56 Å². The molecule has 20 heavy (non-hydrogen) atoms. The Balaban J connectivity index is 0.00000147. The molecule has 0 radical (unpaired) electrons. The molecular formula is C16H15ClN2O. The van der Waals surface area contributed by atoms with Crippen molar-refractivity contribution in [2.45, 2.75) is 0 Å². The number of primary amides is 1. The van der Waals surface area contributed by atoms with Gasteiger partial charge in [-0.15, -0.1) is 12.4 Å². The molecule has 0 aliphatic carbocycles. The highest BCUT2D eigenvalue weighted by molar-refractivity contribution is 6.12. The molecule has 0 aliphatic rings. The smallest absolute Gasteiger partial charge is 0.251 e. The zero-order valence-electron chi connectivity index (χ0n) is 11.0. The van der Waals surface area contributed by atoms with Crippen LogP contribution in [0, 0.1) is 0 Å². The molecule has 1 amide bonds. The fraction of sp³-hybridized carbons (Fsp3) is 0.0625. The summed E-state index contributed by atoms with van der Waals surface area (Å²) in [5.74, 6) is -0.393. The van der Waals surface area contributed by atoms with E-state index in [-0.39, 0.29) is 12.4 Å². The van der Waals surface area contributed by atoms with Gasteiger partial charge in [0.05, 0.1) is 11.3 Å². The summed E-state index contributed by atoms with van der Waals surface area (Å²) in [5.41, 5.74) is 9.04. The van der Waals surface area contributed by atoms with Crippen LogP contribution in [0.1, 0.15) is 10.4 Å². The molecule has 102 valence electrons. The van der Waals surface area contributed by atoms with E-state index in [4.69, 9.17) is 5.73 Å². The number of para-hydroxylation sites is 1. The number of benzene rings is 2. The van der Waals surface area contributed by atoms with Crippen molar-refractivity contribution in [2.24, 2.45) is 12.8 Å². The summed E-state index contributed by atoms with van der Waals surface area (Å²) < 4.78 is 2.02. The van der Waals surface area contributed by atoms with Crippen molar-refractivity contribution in [3.05, 3.63) is 60.2 Å². The molecule has 3 aromatic rings. The Kier molecular flexibility index (Phi) is 3.81. The molecule has 3 rings (SSSR count). The Morgan fingerprint density at radius 1 is 1.00 bits per heavy atom. The monoisotopic (exact) mass is 286 g/mol. The molecule has 0 saturated carbocycles. The fourth-order valence-corrected chi connectivity index (χ4v) is 2.58. The van der Waals surface area contributed by atoms with Gasteiger partial charge in [-0.2, -0.15) is 0 Å². The van der Waals surface area contributed by atoms with Crippen LogP contribution in [0.3, 0.4) is 0 Å². The molecule has 3 nitrogen and oxygen atoms in total. The first-order chi connectivity index (χ1) is 9.20. The number of rotatable bonds is 2. The fourth-order valence-electron chi connectivity index (χ4n) is 2.58. The average Bonchev–Trinajstić information content (AvgIpc) is 2.74. The summed E-state index contributed by atoms with van der Waals surface area (Å²) in [6.45, 7) is 0. The summed E-state index contributed by atoms with van der Waals surface area (Å²) in [7, 11) is 1.96. The van der Waals surface area contributed by atoms with Gasteiger partial charge in [-0.3, -0.25) is 4.79 Å². The lowest BCUT2D eigenvalue weighted by Crippen LogP contribution is -2.12. The predicted octanol–water partition coefficient (Wildman–Crippen LogP) is 3.37. The van der Waals surface area contributed by atoms with E-state index in [0.717, 1.165) is 22.2 Å². The van der Waals surface area contributed by atoms with E-state index in [1.54, 1.807) is 0 Å². The topological polar surface area (TPSA) is 48.0 Å². The van der Waals surface area contributed by atoms with Crippen LogP contribution in [0.25, 0.3) is 22.2 Å². The van der Waals surface area contributed by atoms with Crippen molar-refractivity contribution >= 4 is 29.2 Å². The van der Waals surface area contributed by atoms with Crippen LogP contribution in [0.5, 0.6) is 0 Å². The molecule has 1 aromatic heterocycles. The molecule has 0 bridgehead atoms. The first kappa shape index (κ1) is 14.2. The van der Waals surface area contributed by atoms with Crippen LogP contribution in [0.4, 0.5) is 0 Å². The number of aryl methyl sites for hydroxylation is 1. The minimum atomic E-state index is -0.393. The Labute approximate surface area is 123 Å². The van der Waals surface area contributed by atoms with Crippen LogP contribution in [0.2, 0.25) is 0 Å². The molecule has 1 heterocycles. The second-order valence-electron chi connectivity index (χ2n) is 4.53. The van der Waals surface area contributed by atoms with Gasteiger partial charge in [0.1, 0.15) is 0 Å². The summed E-state index contributed by atoms with van der Waals surface area (Å²) in [6, 6.07) is 17.6. The number of fused-ring (bicyclic) bond motifs is 1. The van der Waals surface area contributed by atoms with Crippen molar-refractivity contribution in [3.63, 3.8) is 0 Å². The quantitative estimate of drug-likeness (QED) is 0.771. The van der Waals surface area contributed by atoms with Crippen LogP contribution in [-0.4, -0.2) is 10.5 Å². The Morgan fingerprint density at radius 3 is 2.25 bits per heavy atom. The van der Waals surface area contributed by atoms with E-state index in [1.165, 1.54) is 0 Å².